The molecule has 0 radical (unpaired) electrons. The molecule has 13 nitrogen and oxygen atoms in total. The Morgan fingerprint density at radius 2 is 1.88 bits per heavy atom. The molecule has 33 heavy (non-hydrogen) atoms. The van der Waals surface area contributed by atoms with E-state index in [1.54, 1.807) is 35.8 Å². The van der Waals surface area contributed by atoms with Crippen LogP contribution in [0, 0.1) is 5.92 Å². The SMILES string of the molecule is CC[C@H]1O[C@@H](n2cnc3c(N=[N+]=[N-])nnc(N=[N+]=[N-])c32)[C@](C)(OC(=O)c2ccccc2)[C@@H]1C. The second-order valence-corrected chi connectivity index (χ2v) is 7.74. The summed E-state index contributed by atoms with van der Waals surface area (Å²) < 4.78 is 14.0. The Bertz CT molecular complexity index is 1300. The predicted octanol–water partition coefficient (Wildman–Crippen LogP) is 5.27. The predicted molar refractivity (Wildman–Crippen MR) is 117 cm³/mol. The third-order valence-electron chi connectivity index (χ3n) is 5.97. The van der Waals surface area contributed by atoms with Crippen molar-refractivity contribution in [2.75, 3.05) is 0 Å². The Kier molecular flexibility index (Phi) is 5.84. The van der Waals surface area contributed by atoms with Gasteiger partial charge in [0.2, 0.25) is 0 Å². The van der Waals surface area contributed by atoms with Crippen LogP contribution in [0.25, 0.3) is 31.9 Å². The van der Waals surface area contributed by atoms with Crippen LogP contribution in [0.15, 0.2) is 46.9 Å². The minimum absolute atomic E-state index is 0.0742. The molecule has 1 aliphatic heterocycles. The number of aromatic nitrogens is 4. The second-order valence-electron chi connectivity index (χ2n) is 7.74. The number of imidazole rings is 1. The summed E-state index contributed by atoms with van der Waals surface area (Å²) in [7, 11) is 0. The average molecular weight is 448 g/mol. The molecule has 3 heterocycles. The van der Waals surface area contributed by atoms with E-state index in [9.17, 15) is 4.79 Å². The monoisotopic (exact) mass is 448 g/mol. The number of rotatable bonds is 6. The molecule has 1 saturated heterocycles. The van der Waals surface area contributed by atoms with Crippen LogP contribution in [0.1, 0.15) is 43.8 Å². The highest BCUT2D eigenvalue weighted by atomic mass is 16.6. The topological polar surface area (TPSA) is 177 Å². The van der Waals surface area contributed by atoms with Crippen molar-refractivity contribution >= 4 is 28.6 Å². The van der Waals surface area contributed by atoms with Crippen molar-refractivity contribution in [3.63, 3.8) is 0 Å². The summed E-state index contributed by atoms with van der Waals surface area (Å²) >= 11 is 0. The van der Waals surface area contributed by atoms with Gasteiger partial charge in [-0.1, -0.05) is 32.0 Å². The van der Waals surface area contributed by atoms with Crippen molar-refractivity contribution in [3.8, 4) is 0 Å². The Balaban J connectivity index is 1.87. The van der Waals surface area contributed by atoms with E-state index in [0.717, 1.165) is 0 Å². The van der Waals surface area contributed by atoms with Gasteiger partial charge in [0, 0.05) is 15.7 Å². The van der Waals surface area contributed by atoms with Gasteiger partial charge in [-0.3, -0.25) is 4.57 Å². The minimum atomic E-state index is -1.11. The molecule has 1 aliphatic rings. The van der Waals surface area contributed by atoms with Gasteiger partial charge in [-0.2, -0.15) is 0 Å². The van der Waals surface area contributed by atoms with Gasteiger partial charge < -0.3 is 9.47 Å². The highest BCUT2D eigenvalue weighted by Crippen LogP contribution is 2.48. The van der Waals surface area contributed by atoms with E-state index in [1.807, 2.05) is 19.9 Å². The molecule has 0 N–H and O–H groups in total. The standard InChI is InChI=1S/C20H20N10O3/c1-4-13-11(2)20(3,33-18(31)12-8-6-5-7-9-12)19(32-13)30-10-23-14-15(30)17(27-29-22)25-24-16(14)26-28-21/h5-11,13,19H,4H2,1-3H3/t11-,13-,19-,20-/m1/s1. The molecule has 4 atom stereocenters. The summed E-state index contributed by atoms with van der Waals surface area (Å²) in [5.41, 5.74) is 17.6. The molecule has 4 rings (SSSR count). The highest BCUT2D eigenvalue weighted by molar-refractivity contribution is 5.91. The Labute approximate surface area is 187 Å². The number of esters is 1. The van der Waals surface area contributed by atoms with Crippen molar-refractivity contribution < 1.29 is 14.3 Å². The fourth-order valence-corrected chi connectivity index (χ4v) is 4.11. The van der Waals surface area contributed by atoms with Gasteiger partial charge in [0.15, 0.2) is 23.5 Å². The number of fused-ring (bicyclic) bond motifs is 1. The first kappa shape index (κ1) is 22.0. The maximum Gasteiger partial charge on any atom is 0.338 e. The van der Waals surface area contributed by atoms with Crippen molar-refractivity contribution in [2.24, 2.45) is 16.1 Å². The summed E-state index contributed by atoms with van der Waals surface area (Å²) in [6, 6.07) is 8.67. The van der Waals surface area contributed by atoms with Gasteiger partial charge in [-0.25, -0.2) is 9.78 Å². The van der Waals surface area contributed by atoms with Crippen LogP contribution in [-0.2, 0) is 9.47 Å². The first-order valence-corrected chi connectivity index (χ1v) is 10.2. The van der Waals surface area contributed by atoms with Gasteiger partial charge in [0.05, 0.1) is 18.0 Å². The molecule has 1 aromatic carbocycles. The summed E-state index contributed by atoms with van der Waals surface area (Å²) in [6.07, 6.45) is 1.06. The highest BCUT2D eigenvalue weighted by Gasteiger charge is 2.55. The van der Waals surface area contributed by atoms with Gasteiger partial charge in [0.25, 0.3) is 0 Å². The van der Waals surface area contributed by atoms with Crippen LogP contribution >= 0.6 is 0 Å². The Morgan fingerprint density at radius 1 is 1.21 bits per heavy atom. The van der Waals surface area contributed by atoms with Crippen molar-refractivity contribution in [2.45, 2.75) is 45.1 Å². The van der Waals surface area contributed by atoms with E-state index in [4.69, 9.17) is 20.5 Å². The van der Waals surface area contributed by atoms with Crippen LogP contribution < -0.4 is 0 Å². The smallest absolute Gasteiger partial charge is 0.338 e. The summed E-state index contributed by atoms with van der Waals surface area (Å²) in [4.78, 5) is 22.8. The third-order valence-corrected chi connectivity index (χ3v) is 5.97. The first-order chi connectivity index (χ1) is 15.9. The summed E-state index contributed by atoms with van der Waals surface area (Å²) in [5, 5.41) is 14.8. The molecule has 13 heteroatoms. The quantitative estimate of drug-likeness (QED) is 0.214. The van der Waals surface area contributed by atoms with Gasteiger partial charge in [0.1, 0.15) is 11.0 Å². The van der Waals surface area contributed by atoms with E-state index in [1.165, 1.54) is 6.33 Å². The number of carbonyl (C=O) groups is 1. The largest absolute Gasteiger partial charge is 0.451 e. The lowest BCUT2D eigenvalue weighted by Gasteiger charge is -2.34. The zero-order valence-electron chi connectivity index (χ0n) is 18.1. The normalized spacial score (nSPS) is 24.2. The number of hydrogen-bond acceptors (Lipinski definition) is 8. The zero-order chi connectivity index (χ0) is 23.6. The molecule has 0 unspecified atom stereocenters. The third kappa shape index (κ3) is 3.70. The van der Waals surface area contributed by atoms with E-state index in [2.05, 4.69) is 35.2 Å². The van der Waals surface area contributed by atoms with Crippen LogP contribution in [0.5, 0.6) is 0 Å². The molecule has 168 valence electrons. The molecule has 0 saturated carbocycles. The number of benzene rings is 1. The fraction of sp³-hybridized carbons (Fsp3) is 0.400. The lowest BCUT2D eigenvalue weighted by atomic mass is 9.86. The molecular weight excluding hydrogens is 428 g/mol. The average Bonchev–Trinajstić information content (AvgIpc) is 3.36. The molecule has 1 fully saturated rings. The van der Waals surface area contributed by atoms with E-state index in [0.29, 0.717) is 12.0 Å². The number of ether oxygens (including phenoxy) is 2. The van der Waals surface area contributed by atoms with Crippen LogP contribution in [-0.4, -0.2) is 37.4 Å². The zero-order valence-corrected chi connectivity index (χ0v) is 18.1. The van der Waals surface area contributed by atoms with E-state index < -0.39 is 17.8 Å². The molecule has 2 aromatic heterocycles. The van der Waals surface area contributed by atoms with E-state index >= 15 is 0 Å². The number of carbonyl (C=O) groups excluding carboxylic acids is 1. The number of nitrogens with zero attached hydrogens (tertiary/aromatic N) is 10. The summed E-state index contributed by atoms with van der Waals surface area (Å²) in [6.45, 7) is 5.72. The molecule has 0 spiro atoms. The molecule has 0 amide bonds. The van der Waals surface area contributed by atoms with Crippen molar-refractivity contribution in [1.82, 2.24) is 19.7 Å². The first-order valence-electron chi connectivity index (χ1n) is 10.2. The van der Waals surface area contributed by atoms with Gasteiger partial charge in [-0.05, 0) is 46.8 Å². The molecule has 0 aliphatic carbocycles. The second kappa shape index (κ2) is 8.75. The maximum absolute atomic E-state index is 13.0. The molecular formula is C20H20N10O3. The van der Waals surface area contributed by atoms with Crippen LogP contribution in [0.3, 0.4) is 0 Å². The van der Waals surface area contributed by atoms with Crippen LogP contribution in [0.4, 0.5) is 11.6 Å². The lowest BCUT2D eigenvalue weighted by Crippen LogP contribution is -2.42. The molecule has 3 aromatic rings. The Morgan fingerprint density at radius 3 is 2.55 bits per heavy atom. The maximum atomic E-state index is 13.0. The molecule has 0 bridgehead atoms. The van der Waals surface area contributed by atoms with E-state index in [-0.39, 0.29) is 34.7 Å². The lowest BCUT2D eigenvalue weighted by molar-refractivity contribution is -0.0945. The van der Waals surface area contributed by atoms with Crippen LogP contribution in [0.2, 0.25) is 0 Å². The minimum Gasteiger partial charge on any atom is -0.451 e. The van der Waals surface area contributed by atoms with Crippen molar-refractivity contribution in [3.05, 3.63) is 63.1 Å². The fourth-order valence-electron chi connectivity index (χ4n) is 4.11. The van der Waals surface area contributed by atoms with Gasteiger partial charge >= 0.3 is 5.97 Å². The Hall–Kier alpha value is -4.18. The number of azide groups is 2. The van der Waals surface area contributed by atoms with Gasteiger partial charge in [-0.15, -0.1) is 10.2 Å². The van der Waals surface area contributed by atoms with Crippen molar-refractivity contribution in [1.29, 1.82) is 0 Å². The number of hydrogen-bond donors (Lipinski definition) is 0. The summed E-state index contributed by atoms with van der Waals surface area (Å²) in [5.74, 6) is -0.837.